The van der Waals surface area contributed by atoms with Gasteiger partial charge in [0.15, 0.2) is 0 Å². The van der Waals surface area contributed by atoms with Gasteiger partial charge < -0.3 is 4.20 Å². The van der Waals surface area contributed by atoms with Crippen LogP contribution >= 0.6 is 0 Å². The molecule has 0 aromatic rings. The van der Waals surface area contributed by atoms with E-state index in [4.69, 9.17) is 4.20 Å². The Morgan fingerprint density at radius 1 is 2.00 bits per heavy atom. The molecule has 0 amide bonds. The Morgan fingerprint density at radius 3 is 2.25 bits per heavy atom. The lowest BCUT2D eigenvalue weighted by Gasteiger charge is -1.62. The molecule has 0 heterocycles. The number of hydrogen-bond acceptors (Lipinski definition) is 2. The van der Waals surface area contributed by atoms with Crippen LogP contribution in [0.5, 0.6) is 0 Å². The second-order valence-corrected chi connectivity index (χ2v) is 1.13. The Balaban J connectivity index is 1.97. The highest BCUT2D eigenvalue weighted by Gasteiger charge is 1.69. The van der Waals surface area contributed by atoms with Gasteiger partial charge in [0, 0.05) is 0 Å². The normalized spacial score (nSPS) is 7.50. The van der Waals surface area contributed by atoms with Crippen molar-refractivity contribution >= 4 is 0 Å². The van der Waals surface area contributed by atoms with Gasteiger partial charge in [-0.2, -0.15) is 0 Å². The SMILES string of the molecule is CO[Br+][O-]. The fourth-order valence-electron chi connectivity index (χ4n) is 0. The lowest BCUT2D eigenvalue weighted by atomic mass is 11.8. The average molecular weight is 127 g/mol. The molecule has 0 aliphatic heterocycles. The largest absolute Gasteiger partial charge is 0.551 e. The van der Waals surface area contributed by atoms with E-state index in [-0.39, 0.29) is 0 Å². The minimum Gasteiger partial charge on any atom is -0.551 e. The number of halogens is 1. The highest BCUT2D eigenvalue weighted by Crippen LogP contribution is 1.46. The third-order valence-corrected chi connectivity index (χ3v) is 0.327. The molecule has 0 aromatic carbocycles. The van der Waals surface area contributed by atoms with E-state index in [1.807, 2.05) is 0 Å². The van der Waals surface area contributed by atoms with Crippen LogP contribution in [-0.4, -0.2) is 7.11 Å². The first-order chi connectivity index (χ1) is 1.91. The molecule has 4 heavy (non-hydrogen) atoms. The highest BCUT2D eigenvalue weighted by atomic mass is 79.9. The third-order valence-electron chi connectivity index (χ3n) is 0.0630. The lowest BCUT2D eigenvalue weighted by molar-refractivity contribution is -1.27. The van der Waals surface area contributed by atoms with E-state index in [1.165, 1.54) is 7.11 Å². The molecule has 0 saturated carbocycles. The molecule has 0 bridgehead atoms. The molecule has 0 atom stereocenters. The van der Waals surface area contributed by atoms with Crippen molar-refractivity contribution in [3.63, 3.8) is 0 Å². The van der Waals surface area contributed by atoms with Crippen molar-refractivity contribution in [3.8, 4) is 0 Å². The summed E-state index contributed by atoms with van der Waals surface area (Å²) in [6.07, 6.45) is 0. The van der Waals surface area contributed by atoms with Crippen LogP contribution in [0.2, 0.25) is 0 Å². The topological polar surface area (TPSA) is 32.3 Å². The first kappa shape index (κ1) is 4.40. The minimum atomic E-state index is -0.632. The van der Waals surface area contributed by atoms with Crippen molar-refractivity contribution in [1.82, 2.24) is 0 Å². The summed E-state index contributed by atoms with van der Waals surface area (Å²) in [6.45, 7) is 0. The quantitative estimate of drug-likeness (QED) is 0.448. The minimum absolute atomic E-state index is 0.632. The van der Waals surface area contributed by atoms with Crippen LogP contribution in [0.3, 0.4) is 0 Å². The molecular formula is CH3BrO2. The van der Waals surface area contributed by atoms with Crippen LogP contribution in [0, 0.1) is 15.5 Å². The zero-order chi connectivity index (χ0) is 3.41. The van der Waals surface area contributed by atoms with Gasteiger partial charge in [-0.15, -0.1) is 3.83 Å². The summed E-state index contributed by atoms with van der Waals surface area (Å²) in [7, 11) is 1.38. The van der Waals surface area contributed by atoms with Crippen LogP contribution < -0.4 is 4.20 Å². The van der Waals surface area contributed by atoms with Gasteiger partial charge in [-0.25, -0.2) is 0 Å². The van der Waals surface area contributed by atoms with E-state index < -0.39 is 15.5 Å². The molecule has 0 radical (unpaired) electrons. The van der Waals surface area contributed by atoms with Crippen LogP contribution in [0.4, 0.5) is 0 Å². The summed E-state index contributed by atoms with van der Waals surface area (Å²) in [5.74, 6) is 0. The fraction of sp³-hybridized carbons (Fsp3) is 1.00. The predicted octanol–water partition coefficient (Wildman–Crippen LogP) is -1.09. The molecule has 3 heteroatoms. The van der Waals surface area contributed by atoms with Gasteiger partial charge in [0.05, 0.1) is 7.11 Å². The van der Waals surface area contributed by atoms with E-state index in [9.17, 15) is 0 Å². The van der Waals surface area contributed by atoms with Crippen LogP contribution in [0.15, 0.2) is 0 Å². The van der Waals surface area contributed by atoms with E-state index in [1.54, 1.807) is 0 Å². The van der Waals surface area contributed by atoms with Gasteiger partial charge in [-0.05, 0) is 0 Å². The molecule has 0 aromatic heterocycles. The smallest absolute Gasteiger partial charge is 0.419 e. The second kappa shape index (κ2) is 3.40. The van der Waals surface area contributed by atoms with E-state index in [0.717, 1.165) is 0 Å². The van der Waals surface area contributed by atoms with Gasteiger partial charge in [-0.1, -0.05) is 0 Å². The zero-order valence-corrected chi connectivity index (χ0v) is 3.78. The highest BCUT2D eigenvalue weighted by molar-refractivity contribution is 3.29. The van der Waals surface area contributed by atoms with Gasteiger partial charge >= 0.3 is 15.5 Å². The first-order valence-electron chi connectivity index (χ1n) is 0.717. The van der Waals surface area contributed by atoms with Crippen molar-refractivity contribution in [2.24, 2.45) is 0 Å². The standard InChI is InChI=1S/CH3BrO2/c1-4-2-3/h1H3. The summed E-state index contributed by atoms with van der Waals surface area (Å²) in [4.78, 5) is 0. The molecular weight excluding hydrogens is 124 g/mol. The summed E-state index contributed by atoms with van der Waals surface area (Å²) in [6, 6.07) is 0. The Labute approximate surface area is 31.5 Å². The molecule has 0 aliphatic rings. The maximum atomic E-state index is 9.11. The molecule has 0 unspecified atom stereocenters. The van der Waals surface area contributed by atoms with Crippen molar-refractivity contribution < 1.29 is 23.6 Å². The Bertz CT molecular complexity index is 8.00. The maximum Gasteiger partial charge on any atom is 0.419 e. The van der Waals surface area contributed by atoms with Crippen LogP contribution in [0.1, 0.15) is 0 Å². The maximum absolute atomic E-state index is 9.11. The second-order valence-electron chi connectivity index (χ2n) is 0.217. The molecule has 0 rings (SSSR count). The van der Waals surface area contributed by atoms with Crippen molar-refractivity contribution in [1.29, 1.82) is 0 Å². The van der Waals surface area contributed by atoms with Crippen LogP contribution in [-0.2, 0) is 3.83 Å². The molecule has 0 N–H and O–H groups in total. The van der Waals surface area contributed by atoms with Gasteiger partial charge in [0.2, 0.25) is 0 Å². The van der Waals surface area contributed by atoms with Crippen molar-refractivity contribution in [2.75, 3.05) is 7.11 Å². The van der Waals surface area contributed by atoms with Gasteiger partial charge in [0.25, 0.3) is 0 Å². The van der Waals surface area contributed by atoms with E-state index in [0.29, 0.717) is 0 Å². The zero-order valence-electron chi connectivity index (χ0n) is 2.19. The first-order valence-corrected chi connectivity index (χ1v) is 2.01. The average Bonchev–Trinajstić information content (AvgIpc) is 1.37. The Kier molecular flexibility index (Phi) is 3.74. The van der Waals surface area contributed by atoms with Gasteiger partial charge in [0.1, 0.15) is 0 Å². The van der Waals surface area contributed by atoms with Gasteiger partial charge in [-0.3, -0.25) is 0 Å². The predicted molar refractivity (Wildman–Crippen MR) is 7.01 cm³/mol. The van der Waals surface area contributed by atoms with E-state index in [2.05, 4.69) is 3.83 Å². The summed E-state index contributed by atoms with van der Waals surface area (Å²) in [5, 5.41) is 0. The lowest BCUT2D eigenvalue weighted by Crippen LogP contribution is -1.99. The monoisotopic (exact) mass is 126 g/mol. The van der Waals surface area contributed by atoms with Crippen molar-refractivity contribution in [3.05, 3.63) is 0 Å². The van der Waals surface area contributed by atoms with E-state index >= 15 is 0 Å². The molecule has 26 valence electrons. The molecule has 0 fully saturated rings. The summed E-state index contributed by atoms with van der Waals surface area (Å²) < 4.78 is 13.1. The number of rotatable bonds is 1. The Hall–Kier alpha value is 0.400. The number of hydrogen-bond donors (Lipinski definition) is 0. The third kappa shape index (κ3) is 2.40. The summed E-state index contributed by atoms with van der Waals surface area (Å²) >= 11 is -0.632. The molecule has 0 spiro atoms. The molecule has 2 nitrogen and oxygen atoms in total. The van der Waals surface area contributed by atoms with Crippen molar-refractivity contribution in [2.45, 2.75) is 0 Å². The molecule has 0 aliphatic carbocycles. The molecule has 0 saturated heterocycles. The summed E-state index contributed by atoms with van der Waals surface area (Å²) in [5.41, 5.74) is 0. The fourth-order valence-corrected chi connectivity index (χ4v) is 0. The Morgan fingerprint density at radius 2 is 2.25 bits per heavy atom. The van der Waals surface area contributed by atoms with Crippen LogP contribution in [0.25, 0.3) is 0 Å².